The Morgan fingerprint density at radius 1 is 1.10 bits per heavy atom. The number of hydrogen-bond acceptors (Lipinski definition) is 3. The molecule has 1 atom stereocenters. The van der Waals surface area contributed by atoms with Crippen LogP contribution in [0.5, 0.6) is 0 Å². The molecule has 1 heterocycles. The molecule has 0 amide bonds. The summed E-state index contributed by atoms with van der Waals surface area (Å²) in [6, 6.07) is 7.01. The largest absolute Gasteiger partial charge is 0.392 e. The molecule has 0 spiro atoms. The summed E-state index contributed by atoms with van der Waals surface area (Å²) in [5.41, 5.74) is 0.777. The van der Waals surface area contributed by atoms with E-state index in [1.807, 2.05) is 12.1 Å². The van der Waals surface area contributed by atoms with Gasteiger partial charge in [0.05, 0.1) is 6.10 Å². The van der Waals surface area contributed by atoms with E-state index in [1.54, 1.807) is 6.07 Å². The molecule has 3 rings (SSSR count). The third-order valence-electron chi connectivity index (χ3n) is 4.43. The van der Waals surface area contributed by atoms with Crippen molar-refractivity contribution in [3.05, 3.63) is 35.6 Å². The molecule has 110 valence electrons. The van der Waals surface area contributed by atoms with Crippen LogP contribution >= 0.6 is 0 Å². The number of β-amino-alcohol motifs (C(OH)–C–C–N with tert-alkyl or cyclic N) is 1. The number of aliphatic hydroxyl groups is 1. The average Bonchev–Trinajstić information content (AvgIpc) is 3.28. The van der Waals surface area contributed by atoms with Crippen molar-refractivity contribution in [3.8, 4) is 0 Å². The van der Waals surface area contributed by atoms with Gasteiger partial charge in [-0.25, -0.2) is 4.39 Å². The number of rotatable bonds is 5. The minimum Gasteiger partial charge on any atom is -0.392 e. The first-order chi connectivity index (χ1) is 9.72. The Morgan fingerprint density at radius 3 is 2.40 bits per heavy atom. The van der Waals surface area contributed by atoms with Crippen LogP contribution in [0.2, 0.25) is 0 Å². The molecule has 0 unspecified atom stereocenters. The SMILES string of the molecule is O[C@@H](CN1CCN(Cc2ccccc2F)CC1)C1CC1. The van der Waals surface area contributed by atoms with Gasteiger partial charge < -0.3 is 5.11 Å². The number of benzene rings is 1. The molecule has 3 nitrogen and oxygen atoms in total. The van der Waals surface area contributed by atoms with E-state index in [0.29, 0.717) is 12.5 Å². The molecule has 1 aliphatic heterocycles. The first-order valence-corrected chi connectivity index (χ1v) is 7.58. The van der Waals surface area contributed by atoms with Crippen molar-refractivity contribution < 1.29 is 9.50 Å². The third-order valence-corrected chi connectivity index (χ3v) is 4.43. The highest BCUT2D eigenvalue weighted by molar-refractivity contribution is 5.17. The minimum atomic E-state index is -0.145. The Kier molecular flexibility index (Phi) is 4.34. The third kappa shape index (κ3) is 3.57. The summed E-state index contributed by atoms with van der Waals surface area (Å²) in [7, 11) is 0. The van der Waals surface area contributed by atoms with Gasteiger partial charge in [0.2, 0.25) is 0 Å². The normalized spacial score (nSPS) is 22.9. The Bertz CT molecular complexity index is 442. The van der Waals surface area contributed by atoms with E-state index in [0.717, 1.165) is 38.3 Å². The Hall–Kier alpha value is -0.970. The Labute approximate surface area is 120 Å². The van der Waals surface area contributed by atoms with Gasteiger partial charge >= 0.3 is 0 Å². The van der Waals surface area contributed by atoms with Gasteiger partial charge in [0.15, 0.2) is 0 Å². The number of hydrogen-bond donors (Lipinski definition) is 1. The molecule has 1 aromatic rings. The molecule has 1 N–H and O–H groups in total. The van der Waals surface area contributed by atoms with Crippen molar-refractivity contribution in [3.63, 3.8) is 0 Å². The van der Waals surface area contributed by atoms with Crippen LogP contribution in [0, 0.1) is 11.7 Å². The standard InChI is InChI=1S/C16H23FN2O/c17-15-4-2-1-3-14(15)11-18-7-9-19(10-8-18)12-16(20)13-5-6-13/h1-4,13,16,20H,5-12H2/t16-/m0/s1. The molecule has 1 aromatic carbocycles. The van der Waals surface area contributed by atoms with E-state index in [4.69, 9.17) is 0 Å². The summed E-state index contributed by atoms with van der Waals surface area (Å²) < 4.78 is 13.6. The van der Waals surface area contributed by atoms with E-state index in [9.17, 15) is 9.50 Å². The number of aliphatic hydroxyl groups excluding tert-OH is 1. The molecule has 1 saturated heterocycles. The molecule has 0 radical (unpaired) electrons. The zero-order chi connectivity index (χ0) is 13.9. The van der Waals surface area contributed by atoms with E-state index < -0.39 is 0 Å². The van der Waals surface area contributed by atoms with Gasteiger partial charge in [-0.1, -0.05) is 18.2 Å². The maximum absolute atomic E-state index is 13.6. The summed E-state index contributed by atoms with van der Waals surface area (Å²) in [6.45, 7) is 5.33. The molecule has 2 aliphatic rings. The highest BCUT2D eigenvalue weighted by Gasteiger charge is 2.31. The van der Waals surface area contributed by atoms with E-state index >= 15 is 0 Å². The highest BCUT2D eigenvalue weighted by Crippen LogP contribution is 2.32. The zero-order valence-corrected chi connectivity index (χ0v) is 11.8. The predicted molar refractivity (Wildman–Crippen MR) is 76.8 cm³/mol. The van der Waals surface area contributed by atoms with Crippen LogP contribution in [-0.4, -0.2) is 53.7 Å². The van der Waals surface area contributed by atoms with Crippen LogP contribution < -0.4 is 0 Å². The van der Waals surface area contributed by atoms with Crippen LogP contribution in [-0.2, 0) is 6.54 Å². The summed E-state index contributed by atoms with van der Waals surface area (Å²) >= 11 is 0. The lowest BCUT2D eigenvalue weighted by molar-refractivity contribution is 0.0599. The smallest absolute Gasteiger partial charge is 0.127 e. The lowest BCUT2D eigenvalue weighted by Crippen LogP contribution is -2.48. The number of nitrogens with zero attached hydrogens (tertiary/aromatic N) is 2. The van der Waals surface area contributed by atoms with Gasteiger partial charge in [0.1, 0.15) is 5.82 Å². The second kappa shape index (κ2) is 6.20. The number of halogens is 1. The maximum atomic E-state index is 13.6. The fourth-order valence-corrected chi connectivity index (χ4v) is 2.89. The van der Waals surface area contributed by atoms with Gasteiger partial charge in [0.25, 0.3) is 0 Å². The van der Waals surface area contributed by atoms with Gasteiger partial charge in [-0.3, -0.25) is 9.80 Å². The molecular formula is C16H23FN2O. The van der Waals surface area contributed by atoms with Gasteiger partial charge in [0, 0.05) is 44.8 Å². The van der Waals surface area contributed by atoms with Crippen molar-refractivity contribution in [1.82, 2.24) is 9.80 Å². The topological polar surface area (TPSA) is 26.7 Å². The summed E-state index contributed by atoms with van der Waals surface area (Å²) in [5.74, 6) is 0.436. The van der Waals surface area contributed by atoms with Gasteiger partial charge in [-0.05, 0) is 24.8 Å². The van der Waals surface area contributed by atoms with Crippen LogP contribution in [0.15, 0.2) is 24.3 Å². The van der Waals surface area contributed by atoms with Crippen molar-refractivity contribution in [2.45, 2.75) is 25.5 Å². The first-order valence-electron chi connectivity index (χ1n) is 7.58. The molecule has 1 aliphatic carbocycles. The number of piperazine rings is 1. The summed E-state index contributed by atoms with van der Waals surface area (Å²) in [4.78, 5) is 4.62. The molecule has 20 heavy (non-hydrogen) atoms. The molecule has 0 aromatic heterocycles. The first kappa shape index (κ1) is 14.0. The molecule has 1 saturated carbocycles. The van der Waals surface area contributed by atoms with Crippen molar-refractivity contribution in [1.29, 1.82) is 0 Å². The monoisotopic (exact) mass is 278 g/mol. The van der Waals surface area contributed by atoms with E-state index in [1.165, 1.54) is 18.9 Å². The van der Waals surface area contributed by atoms with Crippen LogP contribution in [0.25, 0.3) is 0 Å². The summed E-state index contributed by atoms with van der Waals surface area (Å²) in [5, 5.41) is 9.97. The quantitative estimate of drug-likeness (QED) is 0.888. The Morgan fingerprint density at radius 2 is 1.75 bits per heavy atom. The maximum Gasteiger partial charge on any atom is 0.127 e. The predicted octanol–water partition coefficient (Wildman–Crippen LogP) is 1.71. The lowest BCUT2D eigenvalue weighted by atomic mass is 10.1. The van der Waals surface area contributed by atoms with Crippen LogP contribution in [0.1, 0.15) is 18.4 Å². The molecule has 0 bridgehead atoms. The highest BCUT2D eigenvalue weighted by atomic mass is 19.1. The summed E-state index contributed by atoms with van der Waals surface area (Å²) in [6.07, 6.45) is 2.23. The van der Waals surface area contributed by atoms with Crippen molar-refractivity contribution >= 4 is 0 Å². The van der Waals surface area contributed by atoms with E-state index in [-0.39, 0.29) is 11.9 Å². The Balaban J connectivity index is 1.45. The van der Waals surface area contributed by atoms with E-state index in [2.05, 4.69) is 9.80 Å². The van der Waals surface area contributed by atoms with Gasteiger partial charge in [-0.2, -0.15) is 0 Å². The fourth-order valence-electron chi connectivity index (χ4n) is 2.89. The second-order valence-corrected chi connectivity index (χ2v) is 6.07. The van der Waals surface area contributed by atoms with Crippen molar-refractivity contribution in [2.24, 2.45) is 5.92 Å². The van der Waals surface area contributed by atoms with Crippen LogP contribution in [0.3, 0.4) is 0 Å². The molecular weight excluding hydrogens is 255 g/mol. The lowest BCUT2D eigenvalue weighted by Gasteiger charge is -2.35. The molecule has 2 fully saturated rings. The van der Waals surface area contributed by atoms with Crippen molar-refractivity contribution in [2.75, 3.05) is 32.7 Å². The second-order valence-electron chi connectivity index (χ2n) is 6.07. The minimum absolute atomic E-state index is 0.112. The zero-order valence-electron chi connectivity index (χ0n) is 11.8. The fraction of sp³-hybridized carbons (Fsp3) is 0.625. The van der Waals surface area contributed by atoms with Gasteiger partial charge in [-0.15, -0.1) is 0 Å². The van der Waals surface area contributed by atoms with Crippen LogP contribution in [0.4, 0.5) is 4.39 Å². The average molecular weight is 278 g/mol. The molecule has 4 heteroatoms.